The van der Waals surface area contributed by atoms with E-state index >= 15 is 0 Å². The lowest BCUT2D eigenvalue weighted by atomic mass is 9.88. The monoisotopic (exact) mass is 314 g/mol. The molecule has 1 aliphatic heterocycles. The molecule has 2 heterocycles. The number of hydrogen-bond acceptors (Lipinski definition) is 5. The minimum Gasteiger partial charge on any atom is -0.312 e. The Balaban J connectivity index is 2.09. The predicted molar refractivity (Wildman–Crippen MR) is 82.7 cm³/mol. The normalized spacial score (nSPS) is 23.3. The van der Waals surface area contributed by atoms with Crippen LogP contribution in [0.2, 0.25) is 0 Å². The van der Waals surface area contributed by atoms with Gasteiger partial charge in [0.1, 0.15) is 12.2 Å². The first-order valence-electron chi connectivity index (χ1n) is 7.44. The van der Waals surface area contributed by atoms with Crippen molar-refractivity contribution in [3.8, 4) is 0 Å². The summed E-state index contributed by atoms with van der Waals surface area (Å²) < 4.78 is 25.3. The molecule has 2 unspecified atom stereocenters. The third kappa shape index (κ3) is 4.78. The van der Waals surface area contributed by atoms with Gasteiger partial charge >= 0.3 is 0 Å². The lowest BCUT2D eigenvalue weighted by molar-refractivity contribution is 0.296. The number of sulfone groups is 1. The van der Waals surface area contributed by atoms with Gasteiger partial charge in [0, 0.05) is 19.0 Å². The summed E-state index contributed by atoms with van der Waals surface area (Å²) in [5.41, 5.74) is 0.0234. The van der Waals surface area contributed by atoms with Crippen LogP contribution in [0.4, 0.5) is 0 Å². The molecule has 0 amide bonds. The number of hydrogen-bond donors (Lipinski definition) is 1. The Kier molecular flexibility index (Phi) is 4.72. The first-order chi connectivity index (χ1) is 9.66. The molecule has 120 valence electrons. The van der Waals surface area contributed by atoms with Crippen LogP contribution >= 0.6 is 0 Å². The van der Waals surface area contributed by atoms with Gasteiger partial charge in [0.25, 0.3) is 0 Å². The number of aryl methyl sites for hydroxylation is 1. The summed E-state index contributed by atoms with van der Waals surface area (Å²) in [7, 11) is -0.977. The van der Waals surface area contributed by atoms with E-state index in [-0.39, 0.29) is 17.4 Å². The van der Waals surface area contributed by atoms with Crippen molar-refractivity contribution in [2.45, 2.75) is 39.2 Å². The highest BCUT2D eigenvalue weighted by Gasteiger charge is 2.34. The van der Waals surface area contributed by atoms with Crippen LogP contribution in [-0.2, 0) is 23.3 Å². The topological polar surface area (TPSA) is 76.9 Å². The fraction of sp³-hybridized carbons (Fsp3) is 0.857. The second-order valence-electron chi connectivity index (χ2n) is 7.06. The SMILES string of the molecule is Cn1ncnc1CC(CNC(C)(C)C)C1CCS(=O)(=O)C1. The Bertz CT molecular complexity index is 574. The molecular weight excluding hydrogens is 288 g/mol. The van der Waals surface area contributed by atoms with Crippen molar-refractivity contribution in [3.05, 3.63) is 12.2 Å². The summed E-state index contributed by atoms with van der Waals surface area (Å²) in [5, 5.41) is 7.61. The molecule has 21 heavy (non-hydrogen) atoms. The van der Waals surface area contributed by atoms with Crippen molar-refractivity contribution >= 4 is 9.84 Å². The van der Waals surface area contributed by atoms with Gasteiger partial charge < -0.3 is 5.32 Å². The molecule has 1 aliphatic rings. The van der Waals surface area contributed by atoms with Gasteiger partial charge in [-0.05, 0) is 45.6 Å². The van der Waals surface area contributed by atoms with Crippen molar-refractivity contribution in [3.63, 3.8) is 0 Å². The van der Waals surface area contributed by atoms with Gasteiger partial charge in [0.15, 0.2) is 9.84 Å². The molecule has 2 rings (SSSR count). The fourth-order valence-corrected chi connectivity index (χ4v) is 4.70. The van der Waals surface area contributed by atoms with E-state index < -0.39 is 9.84 Å². The van der Waals surface area contributed by atoms with E-state index in [4.69, 9.17) is 0 Å². The Morgan fingerprint density at radius 3 is 2.67 bits per heavy atom. The zero-order valence-electron chi connectivity index (χ0n) is 13.3. The number of nitrogens with zero attached hydrogens (tertiary/aromatic N) is 3. The Labute approximate surface area is 127 Å². The van der Waals surface area contributed by atoms with E-state index in [2.05, 4.69) is 36.2 Å². The van der Waals surface area contributed by atoms with E-state index in [9.17, 15) is 8.42 Å². The molecule has 7 heteroatoms. The molecule has 1 saturated heterocycles. The lowest BCUT2D eigenvalue weighted by Gasteiger charge is -2.28. The highest BCUT2D eigenvalue weighted by molar-refractivity contribution is 7.91. The maximum Gasteiger partial charge on any atom is 0.150 e. The number of nitrogens with one attached hydrogen (secondary N) is 1. The zero-order chi connectivity index (χ0) is 15.7. The van der Waals surface area contributed by atoms with Gasteiger partial charge in [-0.3, -0.25) is 4.68 Å². The Morgan fingerprint density at radius 2 is 2.19 bits per heavy atom. The molecule has 6 nitrogen and oxygen atoms in total. The van der Waals surface area contributed by atoms with Crippen LogP contribution < -0.4 is 5.32 Å². The van der Waals surface area contributed by atoms with Gasteiger partial charge in [0.2, 0.25) is 0 Å². The fourth-order valence-electron chi connectivity index (χ4n) is 2.78. The van der Waals surface area contributed by atoms with Crippen molar-refractivity contribution < 1.29 is 8.42 Å². The highest BCUT2D eigenvalue weighted by atomic mass is 32.2. The standard InChI is InChI=1S/C14H26N4O2S/c1-14(2,3)16-8-12(7-13-15-10-17-18(13)4)11-5-6-21(19,20)9-11/h10-12,16H,5-9H2,1-4H3. The third-order valence-electron chi connectivity index (χ3n) is 4.08. The Morgan fingerprint density at radius 1 is 1.48 bits per heavy atom. The van der Waals surface area contributed by atoms with Gasteiger partial charge in [-0.1, -0.05) is 0 Å². The third-order valence-corrected chi connectivity index (χ3v) is 5.87. The molecule has 1 aromatic heterocycles. The molecule has 0 radical (unpaired) electrons. The van der Waals surface area contributed by atoms with Gasteiger partial charge in [-0.2, -0.15) is 5.10 Å². The summed E-state index contributed by atoms with van der Waals surface area (Å²) in [4.78, 5) is 4.28. The van der Waals surface area contributed by atoms with Crippen LogP contribution in [0, 0.1) is 11.8 Å². The van der Waals surface area contributed by atoms with E-state index in [0.29, 0.717) is 11.5 Å². The highest BCUT2D eigenvalue weighted by Crippen LogP contribution is 2.28. The zero-order valence-corrected chi connectivity index (χ0v) is 14.2. The van der Waals surface area contributed by atoms with Crippen LogP contribution in [0.1, 0.15) is 33.0 Å². The molecule has 1 N–H and O–H groups in total. The molecule has 2 atom stereocenters. The first kappa shape index (κ1) is 16.4. The van der Waals surface area contributed by atoms with Crippen LogP contribution in [0.15, 0.2) is 6.33 Å². The molecule has 1 fully saturated rings. The smallest absolute Gasteiger partial charge is 0.150 e. The minimum atomic E-state index is -2.85. The summed E-state index contributed by atoms with van der Waals surface area (Å²) >= 11 is 0. The van der Waals surface area contributed by atoms with Gasteiger partial charge in [0.05, 0.1) is 11.5 Å². The summed E-state index contributed by atoms with van der Waals surface area (Å²) in [6.45, 7) is 7.17. The summed E-state index contributed by atoms with van der Waals surface area (Å²) in [6, 6.07) is 0. The quantitative estimate of drug-likeness (QED) is 0.870. The second kappa shape index (κ2) is 6.04. The van der Waals surface area contributed by atoms with Crippen molar-refractivity contribution in [1.82, 2.24) is 20.1 Å². The summed E-state index contributed by atoms with van der Waals surface area (Å²) in [6.07, 6.45) is 3.07. The minimum absolute atomic E-state index is 0.0234. The molecule has 0 spiro atoms. The maximum absolute atomic E-state index is 11.8. The molecule has 0 aliphatic carbocycles. The van der Waals surface area contributed by atoms with Crippen molar-refractivity contribution in [1.29, 1.82) is 0 Å². The molecule has 0 aromatic carbocycles. The molecule has 0 saturated carbocycles. The van der Waals surface area contributed by atoms with Crippen LogP contribution in [0.5, 0.6) is 0 Å². The molecule has 0 bridgehead atoms. The van der Waals surface area contributed by atoms with Crippen LogP contribution in [0.25, 0.3) is 0 Å². The van der Waals surface area contributed by atoms with Gasteiger partial charge in [-0.15, -0.1) is 0 Å². The predicted octanol–water partition coefficient (Wildman–Crippen LogP) is 0.797. The molecular formula is C14H26N4O2S. The van der Waals surface area contributed by atoms with E-state index in [1.54, 1.807) is 11.0 Å². The first-order valence-corrected chi connectivity index (χ1v) is 9.27. The average Bonchev–Trinajstić information content (AvgIpc) is 2.90. The van der Waals surface area contributed by atoms with Crippen LogP contribution in [-0.4, -0.2) is 46.8 Å². The van der Waals surface area contributed by atoms with Crippen molar-refractivity contribution in [2.24, 2.45) is 18.9 Å². The maximum atomic E-state index is 11.8. The second-order valence-corrected chi connectivity index (χ2v) is 9.29. The molecule has 1 aromatic rings. The Hall–Kier alpha value is -0.950. The van der Waals surface area contributed by atoms with Crippen LogP contribution in [0.3, 0.4) is 0 Å². The summed E-state index contributed by atoms with van der Waals surface area (Å²) in [5.74, 6) is 2.02. The van der Waals surface area contributed by atoms with E-state index in [0.717, 1.165) is 25.2 Å². The van der Waals surface area contributed by atoms with E-state index in [1.807, 2.05) is 7.05 Å². The van der Waals surface area contributed by atoms with Gasteiger partial charge in [-0.25, -0.2) is 13.4 Å². The largest absolute Gasteiger partial charge is 0.312 e. The average molecular weight is 314 g/mol. The number of rotatable bonds is 5. The van der Waals surface area contributed by atoms with Crippen molar-refractivity contribution in [2.75, 3.05) is 18.1 Å². The van der Waals surface area contributed by atoms with E-state index in [1.165, 1.54) is 0 Å². The number of aromatic nitrogens is 3. The lowest BCUT2D eigenvalue weighted by Crippen LogP contribution is -2.41.